The highest BCUT2D eigenvalue weighted by Crippen LogP contribution is 2.31. The van der Waals surface area contributed by atoms with E-state index in [-0.39, 0.29) is 5.91 Å². The molecule has 2 heterocycles. The first kappa shape index (κ1) is 23.6. The third-order valence-corrected chi connectivity index (χ3v) is 6.30. The van der Waals surface area contributed by atoms with Crippen molar-refractivity contribution in [3.8, 4) is 11.1 Å². The molecule has 0 aliphatic carbocycles. The van der Waals surface area contributed by atoms with Crippen molar-refractivity contribution in [3.63, 3.8) is 0 Å². The smallest absolute Gasteiger partial charge is 0.247 e. The first-order valence-corrected chi connectivity index (χ1v) is 11.8. The van der Waals surface area contributed by atoms with Gasteiger partial charge in [0, 0.05) is 48.2 Å². The van der Waals surface area contributed by atoms with Crippen molar-refractivity contribution >= 4 is 34.1 Å². The van der Waals surface area contributed by atoms with Gasteiger partial charge >= 0.3 is 0 Å². The molecule has 1 aliphatic heterocycles. The lowest BCUT2D eigenvalue weighted by molar-refractivity contribution is -0.111. The quantitative estimate of drug-likeness (QED) is 0.296. The number of rotatable bonds is 7. The van der Waals surface area contributed by atoms with E-state index in [1.54, 1.807) is 6.20 Å². The van der Waals surface area contributed by atoms with Gasteiger partial charge in [-0.1, -0.05) is 49.0 Å². The van der Waals surface area contributed by atoms with E-state index in [0.29, 0.717) is 31.3 Å². The number of fused-ring (bicyclic) bond motifs is 1. The van der Waals surface area contributed by atoms with Gasteiger partial charge in [0.2, 0.25) is 11.9 Å². The van der Waals surface area contributed by atoms with Gasteiger partial charge in [0.25, 0.3) is 0 Å². The van der Waals surface area contributed by atoms with Crippen LogP contribution >= 0.6 is 0 Å². The monoisotopic (exact) mass is 480 g/mol. The molecule has 8 heteroatoms. The Morgan fingerprint density at radius 2 is 1.97 bits per heavy atom. The summed E-state index contributed by atoms with van der Waals surface area (Å²) >= 11 is 0. The number of benzene rings is 3. The molecule has 5 rings (SSSR count). The molecule has 4 aromatic rings. The number of carbonyl (C=O) groups excluding carboxylic acids is 1. The molecule has 3 aromatic carbocycles. The molecule has 36 heavy (non-hydrogen) atoms. The van der Waals surface area contributed by atoms with Crippen LogP contribution in [0.3, 0.4) is 0 Å². The van der Waals surface area contributed by atoms with Crippen molar-refractivity contribution < 1.29 is 9.53 Å². The third kappa shape index (κ3) is 4.83. The van der Waals surface area contributed by atoms with Crippen LogP contribution in [0.25, 0.3) is 22.0 Å². The Hall–Kier alpha value is -4.11. The van der Waals surface area contributed by atoms with Crippen LogP contribution in [0.1, 0.15) is 5.56 Å². The van der Waals surface area contributed by atoms with Crippen LogP contribution in [-0.4, -0.2) is 42.1 Å². The van der Waals surface area contributed by atoms with E-state index in [1.807, 2.05) is 66.7 Å². The molecule has 1 saturated heterocycles. The fraction of sp³-hybridized carbons (Fsp3) is 0.179. The SMILES string of the molecule is C=CC(=O)Nc1cccc(-c2cccc3cnc(Nc4ccc([C@]5(CN)CNCCO5)cc4)nc23)c1. The molecule has 1 amide bonds. The first-order valence-electron chi connectivity index (χ1n) is 11.8. The molecule has 1 aromatic heterocycles. The summed E-state index contributed by atoms with van der Waals surface area (Å²) in [6.07, 6.45) is 3.05. The number of nitrogens with zero attached hydrogens (tertiary/aromatic N) is 2. The maximum Gasteiger partial charge on any atom is 0.247 e. The zero-order valence-corrected chi connectivity index (χ0v) is 19.8. The van der Waals surface area contributed by atoms with E-state index >= 15 is 0 Å². The van der Waals surface area contributed by atoms with Crippen LogP contribution in [0, 0.1) is 0 Å². The molecule has 0 radical (unpaired) electrons. The summed E-state index contributed by atoms with van der Waals surface area (Å²) in [7, 11) is 0. The number of carbonyl (C=O) groups is 1. The molecule has 1 aliphatic rings. The van der Waals surface area contributed by atoms with E-state index in [2.05, 4.69) is 27.5 Å². The van der Waals surface area contributed by atoms with Gasteiger partial charge in [0.05, 0.1) is 12.1 Å². The van der Waals surface area contributed by atoms with Crippen molar-refractivity contribution in [2.75, 3.05) is 36.9 Å². The van der Waals surface area contributed by atoms with Gasteiger partial charge in [-0.25, -0.2) is 9.97 Å². The number of para-hydroxylation sites is 1. The second kappa shape index (κ2) is 10.2. The number of aromatic nitrogens is 2. The summed E-state index contributed by atoms with van der Waals surface area (Å²) in [4.78, 5) is 21.0. The summed E-state index contributed by atoms with van der Waals surface area (Å²) in [6.45, 7) is 6.06. The van der Waals surface area contributed by atoms with Gasteiger partial charge in [-0.15, -0.1) is 0 Å². The summed E-state index contributed by atoms with van der Waals surface area (Å²) < 4.78 is 6.04. The van der Waals surface area contributed by atoms with Crippen molar-refractivity contribution in [3.05, 3.63) is 91.1 Å². The second-order valence-corrected chi connectivity index (χ2v) is 8.64. The topological polar surface area (TPSA) is 114 Å². The zero-order chi connectivity index (χ0) is 25.0. The Morgan fingerprint density at radius 3 is 2.72 bits per heavy atom. The average Bonchev–Trinajstić information content (AvgIpc) is 2.93. The van der Waals surface area contributed by atoms with Crippen molar-refractivity contribution in [1.29, 1.82) is 0 Å². The lowest BCUT2D eigenvalue weighted by atomic mass is 9.92. The molecular weight excluding hydrogens is 452 g/mol. The average molecular weight is 481 g/mol. The molecule has 0 unspecified atom stereocenters. The minimum atomic E-state index is -0.509. The lowest BCUT2D eigenvalue weighted by Crippen LogP contribution is -2.51. The van der Waals surface area contributed by atoms with E-state index < -0.39 is 5.60 Å². The van der Waals surface area contributed by atoms with Gasteiger partial charge in [-0.2, -0.15) is 0 Å². The summed E-state index contributed by atoms with van der Waals surface area (Å²) in [5.41, 5.74) is 10.8. The Bertz CT molecular complexity index is 1400. The fourth-order valence-corrected chi connectivity index (χ4v) is 4.39. The maximum atomic E-state index is 11.7. The summed E-state index contributed by atoms with van der Waals surface area (Å²) in [5, 5.41) is 10.4. The predicted molar refractivity (Wildman–Crippen MR) is 143 cm³/mol. The van der Waals surface area contributed by atoms with Gasteiger partial charge < -0.3 is 26.4 Å². The van der Waals surface area contributed by atoms with E-state index in [4.69, 9.17) is 15.5 Å². The first-order chi connectivity index (χ1) is 17.6. The number of ether oxygens (including phenoxy) is 1. The van der Waals surface area contributed by atoms with Crippen molar-refractivity contribution in [1.82, 2.24) is 15.3 Å². The molecule has 1 fully saturated rings. The molecular formula is C28H28N6O2. The Morgan fingerprint density at radius 1 is 1.14 bits per heavy atom. The number of anilines is 3. The van der Waals surface area contributed by atoms with Gasteiger partial charge in [-0.05, 0) is 41.5 Å². The predicted octanol–water partition coefficient (Wildman–Crippen LogP) is 3.94. The summed E-state index contributed by atoms with van der Waals surface area (Å²) in [5.74, 6) is 0.233. The number of morpholine rings is 1. The van der Waals surface area contributed by atoms with Crippen molar-refractivity contribution in [2.45, 2.75) is 5.60 Å². The number of nitrogens with two attached hydrogens (primary N) is 1. The van der Waals surface area contributed by atoms with Crippen LogP contribution in [-0.2, 0) is 15.1 Å². The molecule has 0 spiro atoms. The van der Waals surface area contributed by atoms with E-state index in [0.717, 1.165) is 39.8 Å². The van der Waals surface area contributed by atoms with Crippen LogP contribution < -0.4 is 21.7 Å². The minimum absolute atomic E-state index is 0.256. The highest BCUT2D eigenvalue weighted by Gasteiger charge is 2.33. The lowest BCUT2D eigenvalue weighted by Gasteiger charge is -2.37. The standard InChI is InChI=1S/C28H28N6O2/c1-2-25(35)32-23-7-3-5-19(15-23)24-8-4-6-20-16-31-27(34-26(20)24)33-22-11-9-21(10-12-22)28(17-29)18-30-13-14-36-28/h2-12,15-16,30H,1,13-14,17-18,29H2,(H,32,35)(H,31,33,34)/t28-/m0/s1. The summed E-state index contributed by atoms with van der Waals surface area (Å²) in [6, 6.07) is 21.6. The van der Waals surface area contributed by atoms with Gasteiger partial charge in [-0.3, -0.25) is 4.79 Å². The Balaban J connectivity index is 1.42. The molecule has 182 valence electrons. The normalized spacial score (nSPS) is 17.5. The number of nitrogens with one attached hydrogen (secondary N) is 3. The highest BCUT2D eigenvalue weighted by atomic mass is 16.5. The molecule has 0 bridgehead atoms. The fourth-order valence-electron chi connectivity index (χ4n) is 4.39. The molecule has 8 nitrogen and oxygen atoms in total. The van der Waals surface area contributed by atoms with Crippen LogP contribution in [0.2, 0.25) is 0 Å². The molecule has 5 N–H and O–H groups in total. The number of hydrogen-bond acceptors (Lipinski definition) is 7. The zero-order valence-electron chi connectivity index (χ0n) is 19.8. The third-order valence-electron chi connectivity index (χ3n) is 6.30. The highest BCUT2D eigenvalue weighted by molar-refractivity contribution is 6.00. The number of amides is 1. The number of hydrogen-bond donors (Lipinski definition) is 4. The maximum absolute atomic E-state index is 11.7. The Kier molecular flexibility index (Phi) is 6.73. The van der Waals surface area contributed by atoms with Crippen LogP contribution in [0.4, 0.5) is 17.3 Å². The van der Waals surface area contributed by atoms with Gasteiger partial charge in [0.15, 0.2) is 0 Å². The van der Waals surface area contributed by atoms with Crippen LogP contribution in [0.15, 0.2) is 85.6 Å². The van der Waals surface area contributed by atoms with Crippen LogP contribution in [0.5, 0.6) is 0 Å². The van der Waals surface area contributed by atoms with E-state index in [9.17, 15) is 4.79 Å². The van der Waals surface area contributed by atoms with Gasteiger partial charge in [0.1, 0.15) is 5.60 Å². The second-order valence-electron chi connectivity index (χ2n) is 8.64. The molecule has 1 atom stereocenters. The Labute approximate surface area is 209 Å². The largest absolute Gasteiger partial charge is 0.366 e. The van der Waals surface area contributed by atoms with Crippen molar-refractivity contribution in [2.24, 2.45) is 5.73 Å². The van der Waals surface area contributed by atoms with E-state index in [1.165, 1.54) is 6.08 Å². The molecule has 0 saturated carbocycles. The minimum Gasteiger partial charge on any atom is -0.366 e.